The van der Waals surface area contributed by atoms with Gasteiger partial charge in [0.1, 0.15) is 16.8 Å². The number of hydrogen-bond donors (Lipinski definition) is 1. The molecule has 1 N–H and O–H groups in total. The van der Waals surface area contributed by atoms with Crippen LogP contribution in [0, 0.1) is 19.3 Å². The predicted molar refractivity (Wildman–Crippen MR) is 53.7 cm³/mol. The van der Waals surface area contributed by atoms with Gasteiger partial charge in [0.15, 0.2) is 0 Å². The van der Waals surface area contributed by atoms with Gasteiger partial charge in [-0.2, -0.15) is 0 Å². The molecular weight excluding hydrogens is 186 g/mol. The molecule has 0 aromatic carbocycles. The Balaban J connectivity index is 2.62. The second-order valence-electron chi connectivity index (χ2n) is 2.50. The summed E-state index contributed by atoms with van der Waals surface area (Å²) in [6.45, 7) is 2.49. The molecule has 3 nitrogen and oxygen atoms in total. The van der Waals surface area contributed by atoms with E-state index < -0.39 is 0 Å². The molecule has 0 spiro atoms. The van der Waals surface area contributed by atoms with Crippen LogP contribution >= 0.6 is 11.6 Å². The molecule has 1 aromatic heterocycles. The molecule has 0 aliphatic carbocycles. The Labute approximate surface area is 82.5 Å². The van der Waals surface area contributed by atoms with Crippen LogP contribution in [0.25, 0.3) is 0 Å². The second-order valence-corrected chi connectivity index (χ2v) is 2.89. The normalized spacial score (nSPS) is 9.31. The minimum absolute atomic E-state index is 0.440. The zero-order valence-corrected chi connectivity index (χ0v) is 8.10. The summed E-state index contributed by atoms with van der Waals surface area (Å²) in [6, 6.07) is 1.67. The van der Waals surface area contributed by atoms with Gasteiger partial charge in [-0.1, -0.05) is 11.6 Å². The van der Waals surface area contributed by atoms with Gasteiger partial charge in [0.05, 0.1) is 0 Å². The third-order valence-corrected chi connectivity index (χ3v) is 1.58. The summed E-state index contributed by atoms with van der Waals surface area (Å²) in [6.07, 6.45) is 5.77. The highest BCUT2D eigenvalue weighted by Crippen LogP contribution is 2.10. The fourth-order valence-corrected chi connectivity index (χ4v) is 1.11. The Morgan fingerprint density at radius 1 is 1.62 bits per heavy atom. The van der Waals surface area contributed by atoms with E-state index in [1.54, 1.807) is 13.0 Å². The van der Waals surface area contributed by atoms with Crippen molar-refractivity contribution in [2.75, 3.05) is 11.9 Å². The van der Waals surface area contributed by atoms with Crippen LogP contribution in [0.2, 0.25) is 5.15 Å². The van der Waals surface area contributed by atoms with Gasteiger partial charge in [-0.25, -0.2) is 9.97 Å². The monoisotopic (exact) mass is 195 g/mol. The summed E-state index contributed by atoms with van der Waals surface area (Å²) in [5.74, 6) is 3.89. The Morgan fingerprint density at radius 3 is 3.00 bits per heavy atom. The van der Waals surface area contributed by atoms with Crippen molar-refractivity contribution in [1.82, 2.24) is 9.97 Å². The quantitative estimate of drug-likeness (QED) is 0.455. The third kappa shape index (κ3) is 3.30. The Bertz CT molecular complexity index is 310. The van der Waals surface area contributed by atoms with Crippen LogP contribution < -0.4 is 5.32 Å². The van der Waals surface area contributed by atoms with Crippen LogP contribution in [0.15, 0.2) is 6.07 Å². The molecule has 13 heavy (non-hydrogen) atoms. The summed E-state index contributed by atoms with van der Waals surface area (Å²) in [7, 11) is 0. The van der Waals surface area contributed by atoms with Crippen LogP contribution in [-0.4, -0.2) is 16.5 Å². The number of aryl methyl sites for hydroxylation is 1. The lowest BCUT2D eigenvalue weighted by Gasteiger charge is -2.03. The number of aromatic nitrogens is 2. The van der Waals surface area contributed by atoms with Crippen LogP contribution in [-0.2, 0) is 0 Å². The molecule has 0 saturated heterocycles. The fraction of sp³-hybridized carbons (Fsp3) is 0.333. The van der Waals surface area contributed by atoms with Crippen LogP contribution in [0.4, 0.5) is 5.82 Å². The Morgan fingerprint density at radius 2 is 2.38 bits per heavy atom. The smallest absolute Gasteiger partial charge is 0.134 e. The molecule has 68 valence electrons. The van der Waals surface area contributed by atoms with E-state index in [4.69, 9.17) is 18.0 Å². The Hall–Kier alpha value is -1.27. The molecule has 0 atom stereocenters. The number of terminal acetylenes is 1. The van der Waals surface area contributed by atoms with Crippen LogP contribution in [0.3, 0.4) is 0 Å². The van der Waals surface area contributed by atoms with Crippen molar-refractivity contribution in [3.63, 3.8) is 0 Å². The van der Waals surface area contributed by atoms with E-state index in [0.717, 1.165) is 0 Å². The van der Waals surface area contributed by atoms with Gasteiger partial charge in [0, 0.05) is 19.0 Å². The van der Waals surface area contributed by atoms with E-state index >= 15 is 0 Å². The first-order chi connectivity index (χ1) is 6.22. The molecule has 0 bridgehead atoms. The van der Waals surface area contributed by atoms with Gasteiger partial charge in [-0.3, -0.25) is 0 Å². The lowest BCUT2D eigenvalue weighted by atomic mass is 10.4. The topological polar surface area (TPSA) is 37.8 Å². The minimum Gasteiger partial charge on any atom is -0.369 e. The average molecular weight is 196 g/mol. The molecule has 4 heteroatoms. The summed E-state index contributed by atoms with van der Waals surface area (Å²) in [5.41, 5.74) is 0. The van der Waals surface area contributed by atoms with Crippen molar-refractivity contribution in [3.05, 3.63) is 17.0 Å². The van der Waals surface area contributed by atoms with Crippen LogP contribution in [0.1, 0.15) is 12.2 Å². The van der Waals surface area contributed by atoms with Gasteiger partial charge in [0.2, 0.25) is 0 Å². The average Bonchev–Trinajstić information content (AvgIpc) is 2.03. The van der Waals surface area contributed by atoms with E-state index in [0.29, 0.717) is 29.8 Å². The third-order valence-electron chi connectivity index (χ3n) is 1.38. The van der Waals surface area contributed by atoms with Gasteiger partial charge >= 0.3 is 0 Å². The molecule has 0 aliphatic rings. The van der Waals surface area contributed by atoms with Gasteiger partial charge in [-0.05, 0) is 6.92 Å². The predicted octanol–water partition coefficient (Wildman–Crippen LogP) is 1.87. The number of hydrogen-bond acceptors (Lipinski definition) is 3. The van der Waals surface area contributed by atoms with Crippen molar-refractivity contribution >= 4 is 17.4 Å². The highest BCUT2D eigenvalue weighted by atomic mass is 35.5. The second kappa shape index (κ2) is 4.68. The molecule has 1 aromatic rings. The van der Waals surface area contributed by atoms with Crippen molar-refractivity contribution in [1.29, 1.82) is 0 Å². The molecule has 0 unspecified atom stereocenters. The van der Waals surface area contributed by atoms with Crippen molar-refractivity contribution in [3.8, 4) is 12.3 Å². The molecule has 0 fully saturated rings. The number of nitrogens with zero attached hydrogens (tertiary/aromatic N) is 2. The number of rotatable bonds is 3. The summed E-state index contributed by atoms with van der Waals surface area (Å²) in [5, 5.41) is 3.49. The molecule has 0 saturated carbocycles. The first kappa shape index (κ1) is 9.82. The largest absolute Gasteiger partial charge is 0.369 e. The van der Waals surface area contributed by atoms with E-state index in [9.17, 15) is 0 Å². The lowest BCUT2D eigenvalue weighted by Crippen LogP contribution is -2.03. The van der Waals surface area contributed by atoms with Crippen molar-refractivity contribution in [2.24, 2.45) is 0 Å². The molecule has 0 amide bonds. The molecule has 1 heterocycles. The first-order valence-corrected chi connectivity index (χ1v) is 4.28. The van der Waals surface area contributed by atoms with Crippen LogP contribution in [0.5, 0.6) is 0 Å². The number of nitrogens with one attached hydrogen (secondary N) is 1. The number of halogens is 1. The molecule has 1 rings (SSSR count). The van der Waals surface area contributed by atoms with Gasteiger partial charge in [-0.15, -0.1) is 12.3 Å². The molecular formula is C9H10ClN3. The minimum atomic E-state index is 0.440. The fourth-order valence-electron chi connectivity index (χ4n) is 0.885. The summed E-state index contributed by atoms with van der Waals surface area (Å²) < 4.78 is 0. The zero-order chi connectivity index (χ0) is 9.68. The van der Waals surface area contributed by atoms with E-state index in [1.807, 2.05) is 0 Å². The Kier molecular flexibility index (Phi) is 3.53. The standard InChI is InChI=1S/C9H10ClN3/c1-3-4-5-11-9-6-8(10)12-7(2)13-9/h1,6H,4-5H2,2H3,(H,11,12,13). The zero-order valence-electron chi connectivity index (χ0n) is 7.34. The number of anilines is 1. The maximum absolute atomic E-state index is 5.73. The van der Waals surface area contributed by atoms with Crippen molar-refractivity contribution in [2.45, 2.75) is 13.3 Å². The SMILES string of the molecule is C#CCCNc1cc(Cl)nc(C)n1. The highest BCUT2D eigenvalue weighted by molar-refractivity contribution is 6.29. The first-order valence-electron chi connectivity index (χ1n) is 3.91. The summed E-state index contributed by atoms with van der Waals surface area (Å²) in [4.78, 5) is 8.07. The highest BCUT2D eigenvalue weighted by Gasteiger charge is 1.97. The van der Waals surface area contributed by atoms with E-state index in [1.165, 1.54) is 0 Å². The maximum Gasteiger partial charge on any atom is 0.134 e. The van der Waals surface area contributed by atoms with Crippen molar-refractivity contribution < 1.29 is 0 Å². The lowest BCUT2D eigenvalue weighted by molar-refractivity contribution is 1.01. The van der Waals surface area contributed by atoms with E-state index in [2.05, 4.69) is 21.2 Å². The maximum atomic E-state index is 5.73. The molecule has 0 aliphatic heterocycles. The van der Waals surface area contributed by atoms with E-state index in [-0.39, 0.29) is 0 Å². The van der Waals surface area contributed by atoms with Gasteiger partial charge < -0.3 is 5.32 Å². The summed E-state index contributed by atoms with van der Waals surface area (Å²) >= 11 is 5.73. The van der Waals surface area contributed by atoms with Gasteiger partial charge in [0.25, 0.3) is 0 Å². The molecule has 0 radical (unpaired) electrons.